The van der Waals surface area contributed by atoms with Gasteiger partial charge in [-0.2, -0.15) is 0 Å². The quantitative estimate of drug-likeness (QED) is 0.362. The number of aromatic nitrogens is 2. The molecule has 0 unspecified atom stereocenters. The van der Waals surface area contributed by atoms with Crippen LogP contribution in [-0.2, 0) is 6.42 Å². The molecule has 0 atom stereocenters. The van der Waals surface area contributed by atoms with E-state index in [-0.39, 0.29) is 5.78 Å². The van der Waals surface area contributed by atoms with Crippen molar-refractivity contribution in [3.63, 3.8) is 0 Å². The largest absolute Gasteiger partial charge is 0.361 e. The summed E-state index contributed by atoms with van der Waals surface area (Å²) in [6, 6.07) is 13.7. The van der Waals surface area contributed by atoms with E-state index in [2.05, 4.69) is 23.0 Å². The fraction of sp³-hybridized carbons (Fsp3) is 0.136. The number of rotatable bonds is 4. The van der Waals surface area contributed by atoms with Gasteiger partial charge in [-0.15, -0.1) is 0 Å². The molecule has 0 radical (unpaired) electrons. The second kappa shape index (κ2) is 6.91. The average Bonchev–Trinajstić information content (AvgIpc) is 3.28. The van der Waals surface area contributed by atoms with Crippen molar-refractivity contribution in [2.24, 2.45) is 0 Å². The molecule has 3 nitrogen and oxygen atoms in total. The van der Waals surface area contributed by atoms with Gasteiger partial charge in [0.2, 0.25) is 0 Å². The molecule has 0 amide bonds. The first-order valence-corrected chi connectivity index (χ1v) is 9.55. The maximum atomic E-state index is 12.4. The lowest BCUT2D eigenvalue weighted by molar-refractivity contribution is 0.101. The molecule has 2 heterocycles. The summed E-state index contributed by atoms with van der Waals surface area (Å²) in [5.74, 6) is -0.0387. The van der Waals surface area contributed by atoms with Crippen LogP contribution in [-0.4, -0.2) is 15.8 Å². The smallest absolute Gasteiger partial charge is 0.176 e. The topological polar surface area (TPSA) is 48.6 Å². The standard InChI is InChI=1S/C22H18Cl2N2O/c1-3-13-19(16-7-4-8-17(23)20(16)24)21(12(2)27)26-22(13)15-6-5-9-18-14(15)10-11-25-18/h4-11,25-26H,3H2,1-2H3. The Morgan fingerprint density at radius 2 is 1.78 bits per heavy atom. The Bertz CT molecular complexity index is 1170. The zero-order valence-corrected chi connectivity index (χ0v) is 16.5. The van der Waals surface area contributed by atoms with Gasteiger partial charge in [-0.3, -0.25) is 4.79 Å². The molecule has 0 saturated carbocycles. The van der Waals surface area contributed by atoms with Crippen molar-refractivity contribution in [1.29, 1.82) is 0 Å². The number of aromatic amines is 2. The number of H-pyrrole nitrogens is 2. The SMILES string of the molecule is CCc1c(-c2cccc3[nH]ccc23)[nH]c(C(C)=O)c1-c1cccc(Cl)c1Cl. The highest BCUT2D eigenvalue weighted by Gasteiger charge is 2.24. The first-order valence-electron chi connectivity index (χ1n) is 8.79. The highest BCUT2D eigenvalue weighted by atomic mass is 35.5. The average molecular weight is 397 g/mol. The van der Waals surface area contributed by atoms with Gasteiger partial charge in [-0.1, -0.05) is 54.4 Å². The van der Waals surface area contributed by atoms with Crippen molar-refractivity contribution in [3.8, 4) is 22.4 Å². The van der Waals surface area contributed by atoms with E-state index in [0.717, 1.165) is 45.3 Å². The Labute approximate surface area is 167 Å². The van der Waals surface area contributed by atoms with Crippen molar-refractivity contribution < 1.29 is 4.79 Å². The van der Waals surface area contributed by atoms with Gasteiger partial charge in [-0.05, 0) is 30.2 Å². The highest BCUT2D eigenvalue weighted by Crippen LogP contribution is 2.42. The maximum absolute atomic E-state index is 12.4. The van der Waals surface area contributed by atoms with Crippen LogP contribution < -0.4 is 0 Å². The Hall–Kier alpha value is -2.49. The van der Waals surface area contributed by atoms with Crippen LogP contribution in [0.1, 0.15) is 29.9 Å². The second-order valence-corrected chi connectivity index (χ2v) is 7.27. The molecule has 5 heteroatoms. The summed E-state index contributed by atoms with van der Waals surface area (Å²) in [7, 11) is 0. The van der Waals surface area contributed by atoms with Crippen LogP contribution in [0.15, 0.2) is 48.7 Å². The maximum Gasteiger partial charge on any atom is 0.176 e. The van der Waals surface area contributed by atoms with E-state index in [1.165, 1.54) is 0 Å². The molecule has 0 aliphatic carbocycles. The summed E-state index contributed by atoms with van der Waals surface area (Å²) in [4.78, 5) is 19.1. The third-order valence-electron chi connectivity index (χ3n) is 4.89. The van der Waals surface area contributed by atoms with E-state index in [1.807, 2.05) is 36.5 Å². The molecule has 0 fully saturated rings. The molecule has 2 aromatic carbocycles. The first-order chi connectivity index (χ1) is 13.0. The monoisotopic (exact) mass is 396 g/mol. The summed E-state index contributed by atoms with van der Waals surface area (Å²) >= 11 is 12.8. The van der Waals surface area contributed by atoms with Gasteiger partial charge in [-0.25, -0.2) is 0 Å². The Balaban J connectivity index is 2.08. The van der Waals surface area contributed by atoms with Gasteiger partial charge in [0.05, 0.1) is 21.4 Å². The van der Waals surface area contributed by atoms with Crippen LogP contribution in [0.5, 0.6) is 0 Å². The molecule has 0 saturated heterocycles. The number of carbonyl (C=O) groups excluding carboxylic acids is 1. The lowest BCUT2D eigenvalue weighted by atomic mass is 9.94. The summed E-state index contributed by atoms with van der Waals surface area (Å²) in [5.41, 5.74) is 6.26. The minimum atomic E-state index is -0.0387. The number of hydrogen-bond acceptors (Lipinski definition) is 1. The van der Waals surface area contributed by atoms with Gasteiger partial charge in [0.15, 0.2) is 5.78 Å². The van der Waals surface area contributed by atoms with E-state index in [1.54, 1.807) is 13.0 Å². The van der Waals surface area contributed by atoms with Crippen molar-refractivity contribution in [2.45, 2.75) is 20.3 Å². The number of ketones is 1. The number of fused-ring (bicyclic) bond motifs is 1. The van der Waals surface area contributed by atoms with Crippen LogP contribution in [0, 0.1) is 0 Å². The van der Waals surface area contributed by atoms with Crippen molar-refractivity contribution >= 4 is 39.9 Å². The molecule has 136 valence electrons. The predicted octanol–water partition coefficient (Wildman–Crippen LogP) is 6.90. The molecule has 4 rings (SSSR count). The molecule has 0 spiro atoms. The number of hydrogen-bond donors (Lipinski definition) is 2. The van der Waals surface area contributed by atoms with Gasteiger partial charge < -0.3 is 9.97 Å². The molecule has 2 N–H and O–H groups in total. The third kappa shape index (κ3) is 2.88. The van der Waals surface area contributed by atoms with Crippen LogP contribution in [0.4, 0.5) is 0 Å². The number of Topliss-reactive ketones (excluding diaryl/α,β-unsaturated/α-hetero) is 1. The second-order valence-electron chi connectivity index (χ2n) is 6.48. The van der Waals surface area contributed by atoms with Gasteiger partial charge >= 0.3 is 0 Å². The molecular formula is C22H18Cl2N2O. The minimum absolute atomic E-state index is 0.0387. The molecular weight excluding hydrogens is 379 g/mol. The van der Waals surface area contributed by atoms with Crippen molar-refractivity contribution in [3.05, 3.63) is 70.0 Å². The van der Waals surface area contributed by atoms with Crippen LogP contribution in [0.25, 0.3) is 33.3 Å². The molecule has 0 aliphatic rings. The Kier molecular flexibility index (Phi) is 4.58. The normalized spacial score (nSPS) is 11.3. The zero-order chi connectivity index (χ0) is 19.1. The molecule has 2 aromatic heterocycles. The van der Waals surface area contributed by atoms with Gasteiger partial charge in [0, 0.05) is 40.7 Å². The van der Waals surface area contributed by atoms with Crippen LogP contribution in [0.3, 0.4) is 0 Å². The zero-order valence-electron chi connectivity index (χ0n) is 15.0. The molecule has 4 aromatic rings. The van der Waals surface area contributed by atoms with E-state index >= 15 is 0 Å². The van der Waals surface area contributed by atoms with Crippen LogP contribution in [0.2, 0.25) is 10.0 Å². The number of benzene rings is 2. The lowest BCUT2D eigenvalue weighted by Crippen LogP contribution is -1.96. The summed E-state index contributed by atoms with van der Waals surface area (Å²) in [6.07, 6.45) is 2.67. The number of halogens is 2. The van der Waals surface area contributed by atoms with E-state index in [9.17, 15) is 4.79 Å². The van der Waals surface area contributed by atoms with Gasteiger partial charge in [0.1, 0.15) is 0 Å². The van der Waals surface area contributed by atoms with Gasteiger partial charge in [0.25, 0.3) is 0 Å². The summed E-state index contributed by atoms with van der Waals surface area (Å²) in [5, 5.41) is 2.04. The number of nitrogens with one attached hydrogen (secondary N) is 2. The number of carbonyl (C=O) groups is 1. The van der Waals surface area contributed by atoms with E-state index < -0.39 is 0 Å². The van der Waals surface area contributed by atoms with E-state index in [0.29, 0.717) is 15.7 Å². The Morgan fingerprint density at radius 1 is 1.04 bits per heavy atom. The van der Waals surface area contributed by atoms with Crippen molar-refractivity contribution in [1.82, 2.24) is 9.97 Å². The highest BCUT2D eigenvalue weighted by molar-refractivity contribution is 6.43. The third-order valence-corrected chi connectivity index (χ3v) is 5.71. The minimum Gasteiger partial charge on any atom is -0.361 e. The summed E-state index contributed by atoms with van der Waals surface area (Å²) in [6.45, 7) is 3.64. The lowest BCUT2D eigenvalue weighted by Gasteiger charge is -2.10. The van der Waals surface area contributed by atoms with E-state index in [4.69, 9.17) is 23.2 Å². The predicted molar refractivity (Wildman–Crippen MR) is 113 cm³/mol. The summed E-state index contributed by atoms with van der Waals surface area (Å²) < 4.78 is 0. The van der Waals surface area contributed by atoms with Crippen molar-refractivity contribution in [2.75, 3.05) is 0 Å². The molecule has 27 heavy (non-hydrogen) atoms. The fourth-order valence-corrected chi connectivity index (χ4v) is 4.08. The van der Waals surface area contributed by atoms with Crippen LogP contribution >= 0.6 is 23.2 Å². The Morgan fingerprint density at radius 3 is 2.52 bits per heavy atom. The fourth-order valence-electron chi connectivity index (χ4n) is 3.68. The molecule has 0 bridgehead atoms. The first kappa shape index (κ1) is 17.9. The molecule has 0 aliphatic heterocycles.